The van der Waals surface area contributed by atoms with E-state index in [4.69, 9.17) is 16.3 Å². The van der Waals surface area contributed by atoms with E-state index in [2.05, 4.69) is 5.43 Å². The Morgan fingerprint density at radius 3 is 2.46 bits per heavy atom. The third-order valence-corrected chi connectivity index (χ3v) is 1.73. The number of ether oxygens (including phenoxy) is 1. The van der Waals surface area contributed by atoms with Crippen LogP contribution in [0.25, 0.3) is 0 Å². The summed E-state index contributed by atoms with van der Waals surface area (Å²) in [6.07, 6.45) is -0.323. The standard InChI is InChI=1S/C9H15N3O/c1-2-13-8-5-3-7(4-6-8)9(10)12-11/h3-6,9,12H,2,10-11H2,1H3. The summed E-state index contributed by atoms with van der Waals surface area (Å²) in [4.78, 5) is 0. The van der Waals surface area contributed by atoms with Gasteiger partial charge in [-0.2, -0.15) is 0 Å². The van der Waals surface area contributed by atoms with E-state index in [0.29, 0.717) is 6.61 Å². The molecule has 0 fully saturated rings. The van der Waals surface area contributed by atoms with Gasteiger partial charge in [0.15, 0.2) is 0 Å². The smallest absolute Gasteiger partial charge is 0.119 e. The van der Waals surface area contributed by atoms with Crippen LogP contribution in [0, 0.1) is 0 Å². The first-order valence-corrected chi connectivity index (χ1v) is 4.22. The van der Waals surface area contributed by atoms with Gasteiger partial charge in [0.25, 0.3) is 0 Å². The molecule has 1 rings (SSSR count). The van der Waals surface area contributed by atoms with Crippen LogP contribution in [0.1, 0.15) is 18.7 Å². The van der Waals surface area contributed by atoms with Crippen molar-refractivity contribution in [3.63, 3.8) is 0 Å². The summed E-state index contributed by atoms with van der Waals surface area (Å²) < 4.78 is 5.28. The van der Waals surface area contributed by atoms with E-state index < -0.39 is 0 Å². The fraction of sp³-hybridized carbons (Fsp3) is 0.333. The third kappa shape index (κ3) is 2.69. The molecule has 0 saturated heterocycles. The van der Waals surface area contributed by atoms with Gasteiger partial charge in [-0.1, -0.05) is 12.1 Å². The van der Waals surface area contributed by atoms with Crippen LogP contribution < -0.4 is 21.7 Å². The SMILES string of the molecule is CCOc1ccc(C(N)NN)cc1. The fourth-order valence-electron chi connectivity index (χ4n) is 1.03. The van der Waals surface area contributed by atoms with Gasteiger partial charge in [-0.15, -0.1) is 0 Å². The molecule has 0 spiro atoms. The molecular formula is C9H15N3O. The Morgan fingerprint density at radius 2 is 2.00 bits per heavy atom. The Hall–Kier alpha value is -1.10. The highest BCUT2D eigenvalue weighted by molar-refractivity contribution is 5.28. The van der Waals surface area contributed by atoms with Crippen LogP contribution in [0.3, 0.4) is 0 Å². The summed E-state index contributed by atoms with van der Waals surface area (Å²) in [5.41, 5.74) is 9.05. The Labute approximate surface area is 77.8 Å². The van der Waals surface area contributed by atoms with Gasteiger partial charge in [0, 0.05) is 0 Å². The van der Waals surface area contributed by atoms with E-state index >= 15 is 0 Å². The summed E-state index contributed by atoms with van der Waals surface area (Å²) in [5, 5.41) is 0. The van der Waals surface area contributed by atoms with Crippen molar-refractivity contribution < 1.29 is 4.74 Å². The first-order chi connectivity index (χ1) is 6.27. The van der Waals surface area contributed by atoms with Crippen molar-refractivity contribution in [3.8, 4) is 5.75 Å². The first-order valence-electron chi connectivity index (χ1n) is 4.22. The number of benzene rings is 1. The van der Waals surface area contributed by atoms with Crippen molar-refractivity contribution in [1.82, 2.24) is 5.43 Å². The van der Waals surface area contributed by atoms with Crippen LogP contribution >= 0.6 is 0 Å². The molecule has 1 unspecified atom stereocenters. The average Bonchev–Trinajstić information content (AvgIpc) is 2.18. The van der Waals surface area contributed by atoms with Gasteiger partial charge >= 0.3 is 0 Å². The Kier molecular flexibility index (Phi) is 3.70. The van der Waals surface area contributed by atoms with Gasteiger partial charge < -0.3 is 10.5 Å². The van der Waals surface area contributed by atoms with Crippen molar-refractivity contribution in [2.45, 2.75) is 13.1 Å². The molecule has 0 radical (unpaired) electrons. The molecule has 0 aliphatic heterocycles. The second-order valence-corrected chi connectivity index (χ2v) is 2.65. The van der Waals surface area contributed by atoms with Crippen LogP contribution in [-0.4, -0.2) is 6.61 Å². The van der Waals surface area contributed by atoms with Crippen molar-refractivity contribution >= 4 is 0 Å². The lowest BCUT2D eigenvalue weighted by Gasteiger charge is -2.10. The quantitative estimate of drug-likeness (QED) is 0.359. The number of hydrazine groups is 1. The normalized spacial score (nSPS) is 12.5. The van der Waals surface area contributed by atoms with Crippen LogP contribution in [0.4, 0.5) is 0 Å². The molecular weight excluding hydrogens is 166 g/mol. The van der Waals surface area contributed by atoms with Gasteiger partial charge in [-0.05, 0) is 24.6 Å². The minimum Gasteiger partial charge on any atom is -0.494 e. The van der Waals surface area contributed by atoms with Gasteiger partial charge in [0.1, 0.15) is 5.75 Å². The molecule has 72 valence electrons. The van der Waals surface area contributed by atoms with Crippen molar-refractivity contribution in [2.75, 3.05) is 6.61 Å². The highest BCUT2D eigenvalue weighted by Crippen LogP contribution is 2.14. The molecule has 1 aromatic rings. The predicted molar refractivity (Wildman–Crippen MR) is 51.9 cm³/mol. The van der Waals surface area contributed by atoms with Crippen molar-refractivity contribution in [1.29, 1.82) is 0 Å². The summed E-state index contributed by atoms with van der Waals surface area (Å²) in [7, 11) is 0. The number of nitrogens with two attached hydrogens (primary N) is 2. The molecule has 13 heavy (non-hydrogen) atoms. The van der Waals surface area contributed by atoms with E-state index in [1.54, 1.807) is 0 Å². The summed E-state index contributed by atoms with van der Waals surface area (Å²) in [6, 6.07) is 7.51. The molecule has 0 aliphatic carbocycles. The van der Waals surface area contributed by atoms with E-state index in [1.165, 1.54) is 0 Å². The van der Waals surface area contributed by atoms with E-state index in [-0.39, 0.29) is 6.17 Å². The molecule has 4 heteroatoms. The van der Waals surface area contributed by atoms with Gasteiger partial charge in [0.2, 0.25) is 0 Å². The molecule has 1 atom stereocenters. The van der Waals surface area contributed by atoms with Gasteiger partial charge in [0.05, 0.1) is 12.8 Å². The fourth-order valence-corrected chi connectivity index (χ4v) is 1.03. The Bertz CT molecular complexity index is 248. The van der Waals surface area contributed by atoms with Crippen molar-refractivity contribution in [2.24, 2.45) is 11.6 Å². The summed E-state index contributed by atoms with van der Waals surface area (Å²) in [5.74, 6) is 6.04. The topological polar surface area (TPSA) is 73.3 Å². The van der Waals surface area contributed by atoms with E-state index in [9.17, 15) is 0 Å². The maximum absolute atomic E-state index is 5.64. The molecule has 1 aromatic carbocycles. The second kappa shape index (κ2) is 4.81. The zero-order valence-corrected chi connectivity index (χ0v) is 7.66. The maximum Gasteiger partial charge on any atom is 0.119 e. The van der Waals surface area contributed by atoms with Gasteiger partial charge in [-0.25, -0.2) is 5.43 Å². The lowest BCUT2D eigenvalue weighted by Crippen LogP contribution is -2.33. The predicted octanol–water partition coefficient (Wildman–Crippen LogP) is 0.506. The highest BCUT2D eigenvalue weighted by Gasteiger charge is 2.01. The zero-order chi connectivity index (χ0) is 9.68. The summed E-state index contributed by atoms with van der Waals surface area (Å²) in [6.45, 7) is 2.61. The number of hydrogen-bond acceptors (Lipinski definition) is 4. The molecule has 4 nitrogen and oxygen atoms in total. The highest BCUT2D eigenvalue weighted by atomic mass is 16.5. The molecule has 0 saturated carbocycles. The number of nitrogens with one attached hydrogen (secondary N) is 1. The minimum atomic E-state index is -0.323. The lowest BCUT2D eigenvalue weighted by molar-refractivity contribution is 0.340. The van der Waals surface area contributed by atoms with Crippen LogP contribution in [0.2, 0.25) is 0 Å². The van der Waals surface area contributed by atoms with Gasteiger partial charge in [-0.3, -0.25) is 5.84 Å². The van der Waals surface area contributed by atoms with Crippen LogP contribution in [-0.2, 0) is 0 Å². The average molecular weight is 181 g/mol. The largest absolute Gasteiger partial charge is 0.494 e. The Balaban J connectivity index is 2.69. The lowest BCUT2D eigenvalue weighted by atomic mass is 10.2. The third-order valence-electron chi connectivity index (χ3n) is 1.73. The number of rotatable bonds is 4. The molecule has 0 heterocycles. The minimum absolute atomic E-state index is 0.323. The van der Waals surface area contributed by atoms with Crippen LogP contribution in [0.5, 0.6) is 5.75 Å². The number of hydrogen-bond donors (Lipinski definition) is 3. The molecule has 0 aromatic heterocycles. The molecule has 5 N–H and O–H groups in total. The monoisotopic (exact) mass is 181 g/mol. The molecule has 0 amide bonds. The Morgan fingerprint density at radius 1 is 1.38 bits per heavy atom. The molecule has 0 aliphatic rings. The van der Waals surface area contributed by atoms with E-state index in [0.717, 1.165) is 11.3 Å². The zero-order valence-electron chi connectivity index (χ0n) is 7.66. The maximum atomic E-state index is 5.64. The first kappa shape index (κ1) is 9.98. The summed E-state index contributed by atoms with van der Waals surface area (Å²) >= 11 is 0. The van der Waals surface area contributed by atoms with Crippen molar-refractivity contribution in [3.05, 3.63) is 29.8 Å². The second-order valence-electron chi connectivity index (χ2n) is 2.65. The van der Waals surface area contributed by atoms with Crippen LogP contribution in [0.15, 0.2) is 24.3 Å². The molecule has 0 bridgehead atoms. The van der Waals surface area contributed by atoms with E-state index in [1.807, 2.05) is 31.2 Å².